The molecule has 0 atom stereocenters. The van der Waals surface area contributed by atoms with Crippen molar-refractivity contribution in [3.05, 3.63) is 54.7 Å². The minimum Gasteiger partial charge on any atom is -0.384 e. The molecule has 0 unspecified atom stereocenters. The largest absolute Gasteiger partial charge is 0.384 e. The molecular weight excluding hydrogens is 390 g/mol. The first-order valence-electron chi connectivity index (χ1n) is 12.5. The standard InChI is InChI=1S/C29H37N3/c1-3-5-7-11-15-30-24-19-27-25-17-22-13-9-10-14-23(22)18-26(25)28(20-29(27)32-21-24)31-16-12-8-6-4-2/h9-10,13-14,17-21,30-31H,3-8,11-12,15-16H2,1-2H3. The zero-order valence-corrected chi connectivity index (χ0v) is 19.7. The van der Waals surface area contributed by atoms with Gasteiger partial charge in [-0.15, -0.1) is 0 Å². The fraction of sp³-hybridized carbons (Fsp3) is 0.414. The van der Waals surface area contributed by atoms with Crippen molar-refractivity contribution < 1.29 is 0 Å². The van der Waals surface area contributed by atoms with Crippen molar-refractivity contribution in [2.24, 2.45) is 0 Å². The van der Waals surface area contributed by atoms with E-state index in [4.69, 9.17) is 4.98 Å². The molecule has 3 heteroatoms. The Balaban J connectivity index is 1.68. The molecule has 0 spiro atoms. The van der Waals surface area contributed by atoms with Crippen LogP contribution in [-0.4, -0.2) is 18.1 Å². The number of anilines is 2. The number of hydrogen-bond donors (Lipinski definition) is 2. The minimum atomic E-state index is 1.00. The van der Waals surface area contributed by atoms with Crippen LogP contribution in [0.5, 0.6) is 0 Å². The van der Waals surface area contributed by atoms with Crippen LogP contribution in [0.25, 0.3) is 32.4 Å². The summed E-state index contributed by atoms with van der Waals surface area (Å²) in [5.41, 5.74) is 3.37. The molecule has 168 valence electrons. The van der Waals surface area contributed by atoms with Gasteiger partial charge in [-0.2, -0.15) is 0 Å². The molecule has 0 bridgehead atoms. The molecule has 4 aromatic rings. The Morgan fingerprint density at radius 1 is 0.656 bits per heavy atom. The molecule has 1 heterocycles. The van der Waals surface area contributed by atoms with Gasteiger partial charge in [0.15, 0.2) is 0 Å². The van der Waals surface area contributed by atoms with Crippen LogP contribution < -0.4 is 10.6 Å². The maximum Gasteiger partial charge on any atom is 0.0730 e. The Morgan fingerprint density at radius 3 is 2.00 bits per heavy atom. The van der Waals surface area contributed by atoms with Crippen molar-refractivity contribution in [3.8, 4) is 0 Å². The molecule has 0 saturated heterocycles. The Bertz CT molecular complexity index is 1170. The molecule has 0 fully saturated rings. The van der Waals surface area contributed by atoms with E-state index in [1.54, 1.807) is 0 Å². The molecule has 0 aliphatic heterocycles. The fourth-order valence-corrected chi connectivity index (χ4v) is 4.51. The third-order valence-corrected chi connectivity index (χ3v) is 6.37. The smallest absolute Gasteiger partial charge is 0.0730 e. The third-order valence-electron chi connectivity index (χ3n) is 6.37. The highest BCUT2D eigenvalue weighted by molar-refractivity contribution is 6.16. The summed E-state index contributed by atoms with van der Waals surface area (Å²) < 4.78 is 0. The zero-order chi connectivity index (χ0) is 22.2. The third kappa shape index (κ3) is 5.32. The molecule has 32 heavy (non-hydrogen) atoms. The predicted molar refractivity (Wildman–Crippen MR) is 142 cm³/mol. The van der Waals surface area contributed by atoms with Crippen molar-refractivity contribution in [2.75, 3.05) is 23.7 Å². The van der Waals surface area contributed by atoms with Crippen molar-refractivity contribution in [1.82, 2.24) is 4.98 Å². The summed E-state index contributed by atoms with van der Waals surface area (Å²) in [5.74, 6) is 0. The monoisotopic (exact) mass is 427 g/mol. The number of nitrogens with one attached hydrogen (secondary N) is 2. The van der Waals surface area contributed by atoms with E-state index in [1.165, 1.54) is 84.0 Å². The summed E-state index contributed by atoms with van der Waals surface area (Å²) in [7, 11) is 0. The lowest BCUT2D eigenvalue weighted by Gasteiger charge is -2.15. The maximum absolute atomic E-state index is 4.84. The Kier molecular flexibility index (Phi) is 7.82. The summed E-state index contributed by atoms with van der Waals surface area (Å²) in [6.07, 6.45) is 12.1. The molecule has 1 aromatic heterocycles. The van der Waals surface area contributed by atoms with E-state index in [1.807, 2.05) is 6.20 Å². The summed E-state index contributed by atoms with van der Waals surface area (Å²) >= 11 is 0. The number of pyridine rings is 1. The Morgan fingerprint density at radius 2 is 1.31 bits per heavy atom. The Hall–Kier alpha value is -2.81. The van der Waals surface area contributed by atoms with Gasteiger partial charge in [0, 0.05) is 29.5 Å². The quantitative estimate of drug-likeness (QED) is 0.135. The summed E-state index contributed by atoms with van der Waals surface area (Å²) in [6, 6.07) is 17.8. The van der Waals surface area contributed by atoms with Gasteiger partial charge in [0.1, 0.15) is 0 Å². The van der Waals surface area contributed by atoms with Crippen molar-refractivity contribution in [2.45, 2.75) is 65.2 Å². The number of aromatic nitrogens is 1. The van der Waals surface area contributed by atoms with Gasteiger partial charge in [-0.3, -0.25) is 4.98 Å². The van der Waals surface area contributed by atoms with Crippen LogP contribution in [0, 0.1) is 0 Å². The number of benzene rings is 3. The second-order valence-corrected chi connectivity index (χ2v) is 8.93. The van der Waals surface area contributed by atoms with E-state index in [9.17, 15) is 0 Å². The molecular formula is C29H37N3. The normalized spacial score (nSPS) is 11.4. The van der Waals surface area contributed by atoms with E-state index in [2.05, 4.69) is 73.0 Å². The molecule has 0 aliphatic carbocycles. The van der Waals surface area contributed by atoms with Gasteiger partial charge in [0.2, 0.25) is 0 Å². The number of hydrogen-bond acceptors (Lipinski definition) is 3. The van der Waals surface area contributed by atoms with E-state index in [0.29, 0.717) is 0 Å². The van der Waals surface area contributed by atoms with E-state index in [0.717, 1.165) is 24.3 Å². The number of rotatable bonds is 12. The van der Waals surface area contributed by atoms with Crippen molar-refractivity contribution in [3.63, 3.8) is 0 Å². The summed E-state index contributed by atoms with van der Waals surface area (Å²) in [4.78, 5) is 4.84. The van der Waals surface area contributed by atoms with Gasteiger partial charge < -0.3 is 10.6 Å². The lowest BCUT2D eigenvalue weighted by atomic mass is 9.98. The van der Waals surface area contributed by atoms with Crippen LogP contribution in [-0.2, 0) is 0 Å². The second kappa shape index (κ2) is 11.2. The SMILES string of the molecule is CCCCCCNc1cnc2cc(NCCCCCC)c3cc4ccccc4cc3c2c1. The first-order chi connectivity index (χ1) is 15.8. The van der Waals surface area contributed by atoms with Gasteiger partial charge in [-0.25, -0.2) is 0 Å². The van der Waals surface area contributed by atoms with E-state index < -0.39 is 0 Å². The van der Waals surface area contributed by atoms with E-state index >= 15 is 0 Å². The molecule has 0 radical (unpaired) electrons. The topological polar surface area (TPSA) is 37.0 Å². The van der Waals surface area contributed by atoms with Gasteiger partial charge in [0.25, 0.3) is 0 Å². The predicted octanol–water partition coefficient (Wildman–Crippen LogP) is 8.53. The van der Waals surface area contributed by atoms with Crippen LogP contribution in [0.4, 0.5) is 11.4 Å². The average molecular weight is 428 g/mol. The molecule has 0 amide bonds. The van der Waals surface area contributed by atoms with Crippen LogP contribution in [0.2, 0.25) is 0 Å². The Labute approximate surface area is 192 Å². The highest BCUT2D eigenvalue weighted by Crippen LogP contribution is 2.35. The number of fused-ring (bicyclic) bond motifs is 4. The summed E-state index contributed by atoms with van der Waals surface area (Å²) in [5, 5.41) is 13.7. The van der Waals surface area contributed by atoms with Gasteiger partial charge in [-0.05, 0) is 53.3 Å². The van der Waals surface area contributed by atoms with Crippen LogP contribution in [0.15, 0.2) is 54.7 Å². The lowest BCUT2D eigenvalue weighted by molar-refractivity contribution is 0.685. The van der Waals surface area contributed by atoms with Gasteiger partial charge in [-0.1, -0.05) is 76.6 Å². The van der Waals surface area contributed by atoms with E-state index in [-0.39, 0.29) is 0 Å². The molecule has 0 saturated carbocycles. The second-order valence-electron chi connectivity index (χ2n) is 8.93. The summed E-state index contributed by atoms with van der Waals surface area (Å²) in [6.45, 7) is 6.52. The molecule has 2 N–H and O–H groups in total. The highest BCUT2D eigenvalue weighted by atomic mass is 14.9. The molecule has 3 nitrogen and oxygen atoms in total. The zero-order valence-electron chi connectivity index (χ0n) is 19.7. The van der Waals surface area contributed by atoms with Crippen molar-refractivity contribution >= 4 is 43.8 Å². The number of unbranched alkanes of at least 4 members (excludes halogenated alkanes) is 6. The van der Waals surface area contributed by atoms with Crippen LogP contribution in [0.1, 0.15) is 65.2 Å². The molecule has 3 aromatic carbocycles. The van der Waals surface area contributed by atoms with Crippen LogP contribution >= 0.6 is 0 Å². The first kappa shape index (κ1) is 22.4. The minimum absolute atomic E-state index is 1.00. The maximum atomic E-state index is 4.84. The number of nitrogens with zero attached hydrogens (tertiary/aromatic N) is 1. The molecule has 0 aliphatic rings. The highest BCUT2D eigenvalue weighted by Gasteiger charge is 2.10. The van der Waals surface area contributed by atoms with Gasteiger partial charge in [0.05, 0.1) is 17.4 Å². The van der Waals surface area contributed by atoms with Gasteiger partial charge >= 0.3 is 0 Å². The fourth-order valence-electron chi connectivity index (χ4n) is 4.51. The lowest BCUT2D eigenvalue weighted by Crippen LogP contribution is -2.04. The average Bonchev–Trinajstić information content (AvgIpc) is 2.83. The van der Waals surface area contributed by atoms with Crippen molar-refractivity contribution in [1.29, 1.82) is 0 Å². The molecule has 4 rings (SSSR count). The first-order valence-corrected chi connectivity index (χ1v) is 12.5. The van der Waals surface area contributed by atoms with Crippen LogP contribution in [0.3, 0.4) is 0 Å².